The molecule has 6 heteroatoms. The van der Waals surface area contributed by atoms with E-state index in [1.807, 2.05) is 0 Å². The van der Waals surface area contributed by atoms with Crippen LogP contribution in [0.3, 0.4) is 0 Å². The van der Waals surface area contributed by atoms with Crippen LogP contribution < -0.4 is 9.47 Å². The second kappa shape index (κ2) is 8.76. The van der Waals surface area contributed by atoms with Crippen molar-refractivity contribution in [3.63, 3.8) is 0 Å². The minimum atomic E-state index is 1.01. The average Bonchev–Trinajstić information content (AvgIpc) is 2.90. The van der Waals surface area contributed by atoms with E-state index in [0.717, 1.165) is 35.4 Å². The molecule has 2 heterocycles. The molecule has 0 atom stereocenters. The van der Waals surface area contributed by atoms with Gasteiger partial charge < -0.3 is 9.80 Å². The Morgan fingerprint density at radius 1 is 1.26 bits per heavy atom. The molecule has 4 nitrogen and oxygen atoms in total. The minimum Gasteiger partial charge on any atom is -0.338 e. The number of hydrogen-bond acceptors (Lipinski definition) is 4. The third-order valence-electron chi connectivity index (χ3n) is 4.89. The summed E-state index contributed by atoms with van der Waals surface area (Å²) in [6.45, 7) is 3.28. The topological polar surface area (TPSA) is 23.3 Å². The number of unbranched alkanes of at least 4 members (excludes halogenated alkanes) is 1. The summed E-state index contributed by atoms with van der Waals surface area (Å²) in [7, 11) is 8.49. The van der Waals surface area contributed by atoms with Gasteiger partial charge in [-0.2, -0.15) is 0 Å². The second-order valence-corrected chi connectivity index (χ2v) is 9.29. The van der Waals surface area contributed by atoms with Crippen LogP contribution >= 0.6 is 27.7 Å². The quantitative estimate of drug-likeness (QED) is 0.483. The van der Waals surface area contributed by atoms with Crippen molar-refractivity contribution < 1.29 is 4.57 Å². The molecule has 0 amide bonds. The van der Waals surface area contributed by atoms with E-state index < -0.39 is 0 Å². The summed E-state index contributed by atoms with van der Waals surface area (Å²) >= 11 is 5.37. The number of hydrogen-bond donors (Lipinski definition) is 0. The summed E-state index contributed by atoms with van der Waals surface area (Å²) in [5, 5.41) is 1.21. The zero-order chi connectivity index (χ0) is 19.6. The molecule has 0 saturated heterocycles. The van der Waals surface area contributed by atoms with Crippen molar-refractivity contribution in [1.29, 1.82) is 0 Å². The van der Waals surface area contributed by atoms with E-state index >= 15 is 0 Å². The Labute approximate surface area is 175 Å². The van der Waals surface area contributed by atoms with E-state index in [2.05, 4.69) is 95.8 Å². The maximum atomic E-state index is 4.95. The Kier molecular flexibility index (Phi) is 6.61. The van der Waals surface area contributed by atoms with Crippen molar-refractivity contribution in [2.24, 2.45) is 7.05 Å². The first-order valence-corrected chi connectivity index (χ1v) is 10.9. The van der Waals surface area contributed by atoms with Gasteiger partial charge >= 0.3 is 0 Å². The molecule has 0 N–H and O–H groups in total. The molecule has 1 aliphatic rings. The van der Waals surface area contributed by atoms with Gasteiger partial charge in [-0.3, -0.25) is 0 Å². The summed E-state index contributed by atoms with van der Waals surface area (Å²) in [6, 6.07) is 8.60. The number of benzene rings is 1. The molecule has 144 valence electrons. The predicted octanol–water partition coefficient (Wildman–Crippen LogP) is 4.40. The lowest BCUT2D eigenvalue weighted by molar-refractivity contribution is -0.688. The Morgan fingerprint density at radius 3 is 2.78 bits per heavy atom. The Morgan fingerprint density at radius 2 is 2.04 bits per heavy atom. The monoisotopic (exact) mass is 447 g/mol. The molecular formula is C21H28BrN4S+. The SMILES string of the molecule is Cc1cc(/C=C2/Sc3cc(Br)ccc3N2C)nc(CCCCN(C)C)[n+]1C. The van der Waals surface area contributed by atoms with Gasteiger partial charge in [-0.1, -0.05) is 27.7 Å². The number of anilines is 1. The van der Waals surface area contributed by atoms with E-state index in [1.165, 1.54) is 27.7 Å². The van der Waals surface area contributed by atoms with Gasteiger partial charge in [0.15, 0.2) is 5.69 Å². The summed E-state index contributed by atoms with van der Waals surface area (Å²) in [5.74, 6) is 1.16. The van der Waals surface area contributed by atoms with Gasteiger partial charge in [0.05, 0.1) is 24.2 Å². The van der Waals surface area contributed by atoms with Crippen molar-refractivity contribution in [3.05, 3.63) is 51.0 Å². The van der Waals surface area contributed by atoms with Crippen molar-refractivity contribution in [2.75, 3.05) is 32.6 Å². The molecule has 1 aromatic carbocycles. The first-order valence-electron chi connectivity index (χ1n) is 9.29. The minimum absolute atomic E-state index is 1.01. The molecule has 0 fully saturated rings. The highest BCUT2D eigenvalue weighted by Gasteiger charge is 2.23. The van der Waals surface area contributed by atoms with Crippen molar-refractivity contribution in [1.82, 2.24) is 9.88 Å². The van der Waals surface area contributed by atoms with Crippen LogP contribution in [0.25, 0.3) is 6.08 Å². The summed E-state index contributed by atoms with van der Waals surface area (Å²) < 4.78 is 3.33. The number of halogens is 1. The number of aryl methyl sites for hydroxylation is 2. The van der Waals surface area contributed by atoms with Gasteiger partial charge in [0.25, 0.3) is 5.82 Å². The fourth-order valence-electron chi connectivity index (χ4n) is 3.18. The summed E-state index contributed by atoms with van der Waals surface area (Å²) in [5.41, 5.74) is 3.52. The van der Waals surface area contributed by atoms with E-state index in [-0.39, 0.29) is 0 Å². The second-order valence-electron chi connectivity index (χ2n) is 7.31. The molecule has 0 spiro atoms. The standard InChI is InChI=1S/C21H28BrN4S/c1-15-12-17(23-20(25(15)4)8-6-7-11-24(2)3)14-21-26(5)18-10-9-16(22)13-19(18)27-21/h9-10,12-14H,6-8,11H2,1-5H3/q+1. The third kappa shape index (κ3) is 4.92. The van der Waals surface area contributed by atoms with Crippen LogP contribution in [0.1, 0.15) is 30.1 Å². The lowest BCUT2D eigenvalue weighted by atomic mass is 10.2. The van der Waals surface area contributed by atoms with Gasteiger partial charge in [0.1, 0.15) is 5.69 Å². The molecule has 2 aromatic rings. The van der Waals surface area contributed by atoms with Crippen LogP contribution in [0, 0.1) is 6.92 Å². The zero-order valence-corrected chi connectivity index (χ0v) is 19.2. The smallest absolute Gasteiger partial charge is 0.299 e. The molecule has 0 unspecified atom stereocenters. The van der Waals surface area contributed by atoms with E-state index in [1.54, 1.807) is 11.8 Å². The first kappa shape index (κ1) is 20.4. The van der Waals surface area contributed by atoms with Crippen LogP contribution in [-0.4, -0.2) is 37.6 Å². The average molecular weight is 448 g/mol. The number of thioether (sulfide) groups is 1. The highest BCUT2D eigenvalue weighted by atomic mass is 79.9. The fraction of sp³-hybridized carbons (Fsp3) is 0.429. The van der Waals surface area contributed by atoms with Crippen LogP contribution in [0.5, 0.6) is 0 Å². The van der Waals surface area contributed by atoms with Crippen molar-refractivity contribution >= 4 is 39.5 Å². The summed E-state index contributed by atoms with van der Waals surface area (Å²) in [4.78, 5) is 10.7. The fourth-order valence-corrected chi connectivity index (χ4v) is 4.83. The lowest BCUT2D eigenvalue weighted by Gasteiger charge is -2.13. The van der Waals surface area contributed by atoms with Gasteiger partial charge in [-0.15, -0.1) is 0 Å². The van der Waals surface area contributed by atoms with Crippen molar-refractivity contribution in [2.45, 2.75) is 31.1 Å². The Balaban J connectivity index is 1.80. The molecule has 0 bridgehead atoms. The molecule has 3 rings (SSSR count). The van der Waals surface area contributed by atoms with Gasteiger partial charge in [0.2, 0.25) is 0 Å². The Hall–Kier alpha value is -1.37. The third-order valence-corrected chi connectivity index (χ3v) is 6.53. The molecule has 0 aliphatic carbocycles. The van der Waals surface area contributed by atoms with Crippen LogP contribution in [0.2, 0.25) is 0 Å². The molecule has 1 aromatic heterocycles. The highest BCUT2D eigenvalue weighted by Crippen LogP contribution is 2.46. The Bertz CT molecular complexity index is 864. The first-order chi connectivity index (χ1) is 12.8. The van der Waals surface area contributed by atoms with Gasteiger partial charge in [-0.05, 0) is 63.6 Å². The van der Waals surface area contributed by atoms with E-state index in [0.29, 0.717) is 0 Å². The van der Waals surface area contributed by atoms with Crippen LogP contribution in [0.4, 0.5) is 5.69 Å². The maximum Gasteiger partial charge on any atom is 0.299 e. The van der Waals surface area contributed by atoms with Crippen molar-refractivity contribution in [3.8, 4) is 0 Å². The number of rotatable bonds is 6. The molecule has 1 aliphatic heterocycles. The molecule has 0 saturated carbocycles. The van der Waals surface area contributed by atoms with Gasteiger partial charge in [-0.25, -0.2) is 4.57 Å². The van der Waals surface area contributed by atoms with Crippen LogP contribution in [-0.2, 0) is 13.5 Å². The number of nitrogens with zero attached hydrogens (tertiary/aromatic N) is 4. The summed E-state index contributed by atoms with van der Waals surface area (Å²) in [6.07, 6.45) is 5.57. The predicted molar refractivity (Wildman–Crippen MR) is 118 cm³/mol. The lowest BCUT2D eigenvalue weighted by Crippen LogP contribution is -2.38. The largest absolute Gasteiger partial charge is 0.338 e. The van der Waals surface area contributed by atoms with E-state index in [9.17, 15) is 0 Å². The number of fused-ring (bicyclic) bond motifs is 1. The maximum absolute atomic E-state index is 4.95. The molecule has 0 radical (unpaired) electrons. The highest BCUT2D eigenvalue weighted by molar-refractivity contribution is 9.10. The molecule has 27 heavy (non-hydrogen) atoms. The number of aromatic nitrogens is 2. The van der Waals surface area contributed by atoms with Crippen LogP contribution in [0.15, 0.2) is 38.7 Å². The normalized spacial score (nSPS) is 15.1. The molecular weight excluding hydrogens is 420 g/mol. The zero-order valence-electron chi connectivity index (χ0n) is 16.8. The van der Waals surface area contributed by atoms with Gasteiger partial charge in [0, 0.05) is 28.6 Å². The van der Waals surface area contributed by atoms with E-state index in [4.69, 9.17) is 4.98 Å².